The molecule has 0 aromatic rings. The number of urea groups is 2. The molecule has 0 saturated heterocycles. The molecular weight excluding hydrogens is 180 g/mol. The lowest BCUT2D eigenvalue weighted by Crippen LogP contribution is -2.31. The smallest absolute Gasteiger partial charge is 0.245 e. The van der Waals surface area contributed by atoms with Crippen molar-refractivity contribution in [3.63, 3.8) is 0 Å². The van der Waals surface area contributed by atoms with Gasteiger partial charge in [-0.3, -0.25) is 0 Å². The molecule has 0 fully saturated rings. The molecule has 0 radical (unpaired) electrons. The maximum Gasteiger partial charge on any atom is 0.362 e. The van der Waals surface area contributed by atoms with E-state index in [1.807, 2.05) is 0 Å². The van der Waals surface area contributed by atoms with Gasteiger partial charge in [0.15, 0.2) is 0 Å². The molecule has 4 amide bonds. The van der Waals surface area contributed by atoms with E-state index < -0.39 is 22.5 Å². The molecule has 0 N–H and O–H groups in total. The fourth-order valence-corrected chi connectivity index (χ4v) is 1.07. The Balaban J connectivity index is 3.26. The molecule has 8 heteroatoms. The van der Waals surface area contributed by atoms with Crippen molar-refractivity contribution in [2.45, 2.75) is 0 Å². The van der Waals surface area contributed by atoms with Crippen LogP contribution in [0.2, 0.25) is 0 Å². The Bertz CT molecular complexity index is 306. The van der Waals surface area contributed by atoms with Gasteiger partial charge in [-0.15, -0.1) is 16.5 Å². The van der Waals surface area contributed by atoms with Crippen LogP contribution in [-0.2, 0) is 10.4 Å². The Morgan fingerprint density at radius 2 is 1.64 bits per heavy atom. The molecule has 62 valence electrons. The summed E-state index contributed by atoms with van der Waals surface area (Å²) in [6, 6.07) is -2.49. The number of carbonyl (C=O) groups is 2. The van der Waals surface area contributed by atoms with Crippen LogP contribution in [-0.4, -0.2) is 24.0 Å². The zero-order valence-electron chi connectivity index (χ0n) is 5.32. The van der Waals surface area contributed by atoms with Crippen LogP contribution in [0.25, 0.3) is 0 Å². The Kier molecular flexibility index (Phi) is 1.63. The standard InChI is InChI=1S/C3H3F2N3O2S/c1-8-2(9)6-11(4,5)7-3(8)10/h1H3. The van der Waals surface area contributed by atoms with Crippen LogP contribution < -0.4 is 0 Å². The lowest BCUT2D eigenvalue weighted by atomic mass is 10.8. The highest BCUT2D eigenvalue weighted by molar-refractivity contribution is 7.86. The van der Waals surface area contributed by atoms with Gasteiger partial charge < -0.3 is 0 Å². The summed E-state index contributed by atoms with van der Waals surface area (Å²) in [5.41, 5.74) is 0. The second-order valence-electron chi connectivity index (χ2n) is 1.72. The number of carbonyl (C=O) groups excluding carboxylic acids is 2. The summed E-state index contributed by atoms with van der Waals surface area (Å²) < 4.78 is 29.1. The van der Waals surface area contributed by atoms with Gasteiger partial charge in [-0.2, -0.15) is 0 Å². The number of rotatable bonds is 0. The molecule has 11 heavy (non-hydrogen) atoms. The summed E-state index contributed by atoms with van der Waals surface area (Å²) in [5, 5.41) is 0. The molecule has 0 atom stereocenters. The molecule has 0 aromatic carbocycles. The van der Waals surface area contributed by atoms with Crippen LogP contribution in [0.3, 0.4) is 0 Å². The van der Waals surface area contributed by atoms with Crippen molar-refractivity contribution in [2.24, 2.45) is 8.73 Å². The van der Waals surface area contributed by atoms with E-state index in [-0.39, 0.29) is 0 Å². The van der Waals surface area contributed by atoms with Crippen molar-refractivity contribution in [2.75, 3.05) is 7.05 Å². The maximum atomic E-state index is 12.2. The van der Waals surface area contributed by atoms with Crippen molar-refractivity contribution in [3.05, 3.63) is 0 Å². The third kappa shape index (κ3) is 1.50. The van der Waals surface area contributed by atoms with E-state index in [1.165, 1.54) is 0 Å². The number of imide groups is 1. The summed E-state index contributed by atoms with van der Waals surface area (Å²) in [7, 11) is -3.67. The monoisotopic (exact) mass is 183 g/mol. The fourth-order valence-electron chi connectivity index (χ4n) is 0.413. The van der Waals surface area contributed by atoms with Gasteiger partial charge in [0.05, 0.1) is 0 Å². The van der Waals surface area contributed by atoms with Crippen LogP contribution in [0.4, 0.5) is 17.4 Å². The lowest BCUT2D eigenvalue weighted by molar-refractivity contribution is 0.205. The van der Waals surface area contributed by atoms with Gasteiger partial charge >= 0.3 is 12.1 Å². The molecule has 1 rings (SSSR count). The number of hydrogen-bond donors (Lipinski definition) is 0. The Labute approximate surface area is 61.4 Å². The van der Waals surface area contributed by atoms with Gasteiger partial charge in [0, 0.05) is 7.05 Å². The molecule has 0 spiro atoms. The van der Waals surface area contributed by atoms with Gasteiger partial charge in [-0.05, 0) is 0 Å². The van der Waals surface area contributed by atoms with Crippen molar-refractivity contribution in [3.8, 4) is 0 Å². The summed E-state index contributed by atoms with van der Waals surface area (Å²) in [6.07, 6.45) is 0. The quantitative estimate of drug-likeness (QED) is 0.570. The lowest BCUT2D eigenvalue weighted by Gasteiger charge is -2.11. The zero-order chi connectivity index (χ0) is 8.65. The molecule has 1 aliphatic rings. The topological polar surface area (TPSA) is 62.1 Å². The minimum Gasteiger partial charge on any atom is -0.245 e. The highest BCUT2D eigenvalue weighted by Gasteiger charge is 2.25. The maximum absolute atomic E-state index is 12.2. The molecule has 1 aliphatic heterocycles. The number of nitrogens with zero attached hydrogens (tertiary/aromatic N) is 3. The third-order valence-electron chi connectivity index (χ3n) is 0.950. The zero-order valence-corrected chi connectivity index (χ0v) is 6.14. The SMILES string of the molecule is CN1C(=O)N=S(F)(F)=NC1=O. The van der Waals surface area contributed by atoms with Crippen molar-refractivity contribution in [1.82, 2.24) is 4.90 Å². The van der Waals surface area contributed by atoms with E-state index >= 15 is 0 Å². The van der Waals surface area contributed by atoms with E-state index in [0.29, 0.717) is 4.90 Å². The molecule has 0 aromatic heterocycles. The average molecular weight is 183 g/mol. The van der Waals surface area contributed by atoms with Crippen LogP contribution in [0.5, 0.6) is 0 Å². The first-order chi connectivity index (χ1) is 4.92. The molecule has 0 bridgehead atoms. The van der Waals surface area contributed by atoms with Gasteiger partial charge in [0.25, 0.3) is 10.4 Å². The van der Waals surface area contributed by atoms with E-state index in [4.69, 9.17) is 0 Å². The first-order valence-corrected chi connectivity index (χ1v) is 3.77. The van der Waals surface area contributed by atoms with Gasteiger partial charge in [0.2, 0.25) is 0 Å². The van der Waals surface area contributed by atoms with E-state index in [0.717, 1.165) is 7.05 Å². The van der Waals surface area contributed by atoms with Crippen molar-refractivity contribution in [1.29, 1.82) is 0 Å². The molecule has 0 unspecified atom stereocenters. The molecule has 0 saturated carbocycles. The van der Waals surface area contributed by atoms with Crippen LogP contribution in [0.15, 0.2) is 8.73 Å². The largest absolute Gasteiger partial charge is 0.362 e. The third-order valence-corrected chi connectivity index (χ3v) is 1.70. The highest BCUT2D eigenvalue weighted by Crippen LogP contribution is 2.13. The highest BCUT2D eigenvalue weighted by atomic mass is 32.3. The van der Waals surface area contributed by atoms with Crippen molar-refractivity contribution < 1.29 is 17.4 Å². The average Bonchev–Trinajstić information content (AvgIpc) is 1.81. The van der Waals surface area contributed by atoms with Crippen LogP contribution in [0, 0.1) is 0 Å². The van der Waals surface area contributed by atoms with Gasteiger partial charge in [-0.25, -0.2) is 14.5 Å². The van der Waals surface area contributed by atoms with E-state index in [9.17, 15) is 17.4 Å². The normalized spacial score (nSPS) is 22.6. The number of amides is 4. The minimum absolute atomic E-state index is 0.421. The molecule has 1 heterocycles. The van der Waals surface area contributed by atoms with Crippen LogP contribution in [0.1, 0.15) is 0 Å². The Morgan fingerprint density at radius 3 is 2.00 bits per heavy atom. The summed E-state index contributed by atoms with van der Waals surface area (Å²) in [5.74, 6) is 0. The molecule has 5 nitrogen and oxygen atoms in total. The Hall–Kier alpha value is -1.05. The summed E-state index contributed by atoms with van der Waals surface area (Å²) >= 11 is 0. The predicted octanol–water partition coefficient (Wildman–Crippen LogP) is 1.46. The van der Waals surface area contributed by atoms with E-state index in [2.05, 4.69) is 8.73 Å². The first-order valence-electron chi connectivity index (χ1n) is 2.42. The van der Waals surface area contributed by atoms with Crippen LogP contribution >= 0.6 is 0 Å². The Morgan fingerprint density at radius 1 is 1.27 bits per heavy atom. The second-order valence-corrected chi connectivity index (χ2v) is 2.92. The fraction of sp³-hybridized carbons (Fsp3) is 0.333. The minimum atomic E-state index is -4.70. The molecular formula is C3H3F2N3O2S. The van der Waals surface area contributed by atoms with Crippen molar-refractivity contribution >= 4 is 22.5 Å². The van der Waals surface area contributed by atoms with Gasteiger partial charge in [0.1, 0.15) is 0 Å². The number of hydrogen-bond acceptors (Lipinski definition) is 2. The summed E-state index contributed by atoms with van der Waals surface area (Å²) in [6.45, 7) is 0. The van der Waals surface area contributed by atoms with Gasteiger partial charge in [-0.1, -0.05) is 0 Å². The predicted molar refractivity (Wildman–Crippen MR) is 33.0 cm³/mol. The second kappa shape index (κ2) is 2.22. The van der Waals surface area contributed by atoms with E-state index in [1.54, 1.807) is 0 Å². The first kappa shape index (κ1) is 8.05. The summed E-state index contributed by atoms with van der Waals surface area (Å²) in [4.78, 5) is 21.3. The number of halogens is 2. The molecule has 0 aliphatic carbocycles.